The van der Waals surface area contributed by atoms with Crippen molar-refractivity contribution in [2.45, 2.75) is 19.1 Å². The molecule has 0 saturated carbocycles. The second-order valence-corrected chi connectivity index (χ2v) is 7.25. The molecule has 25 heavy (non-hydrogen) atoms. The Hall–Kier alpha value is -2.66. The molecule has 3 rings (SSSR count). The van der Waals surface area contributed by atoms with E-state index in [1.807, 2.05) is 31.2 Å². The summed E-state index contributed by atoms with van der Waals surface area (Å²) in [4.78, 5) is 37.4. The van der Waals surface area contributed by atoms with Crippen molar-refractivity contribution in [2.24, 2.45) is 0 Å². The third-order valence-corrected chi connectivity index (χ3v) is 5.04. The van der Waals surface area contributed by atoms with Gasteiger partial charge in [0.1, 0.15) is 0 Å². The molecule has 1 amide bonds. The van der Waals surface area contributed by atoms with Gasteiger partial charge in [0.05, 0.1) is 10.2 Å². The summed E-state index contributed by atoms with van der Waals surface area (Å²) in [6.45, 7) is 3.69. The summed E-state index contributed by atoms with van der Waals surface area (Å²) in [7, 11) is 0. The number of hydrogen-bond acceptors (Lipinski definition) is 4. The maximum atomic E-state index is 12.5. The summed E-state index contributed by atoms with van der Waals surface area (Å²) in [6, 6.07) is 14.2. The molecule has 0 bridgehead atoms. The number of anilines is 1. The van der Waals surface area contributed by atoms with Crippen molar-refractivity contribution in [3.8, 4) is 0 Å². The van der Waals surface area contributed by atoms with E-state index >= 15 is 0 Å². The van der Waals surface area contributed by atoms with E-state index in [9.17, 15) is 14.4 Å². The van der Waals surface area contributed by atoms with E-state index in [4.69, 9.17) is 0 Å². The number of Topliss-reactive ketones (excluding diaryl/α,β-unsaturated/α-hetero) is 1. The predicted octanol–water partition coefficient (Wildman–Crippen LogP) is 4.02. The highest BCUT2D eigenvalue weighted by Gasteiger charge is 2.28. The van der Waals surface area contributed by atoms with Crippen molar-refractivity contribution in [1.29, 1.82) is 0 Å². The van der Waals surface area contributed by atoms with Gasteiger partial charge in [-0.1, -0.05) is 42.0 Å². The number of aryl methyl sites for hydroxylation is 1. The summed E-state index contributed by atoms with van der Waals surface area (Å²) in [5.74, 6) is -0.632. The molecule has 1 atom stereocenters. The van der Waals surface area contributed by atoms with Gasteiger partial charge in [0.25, 0.3) is 0 Å². The number of hydrogen-bond donors (Lipinski definition) is 1. The number of carbonyl (C=O) groups excluding carboxylic acids is 3. The normalized spacial score (nSPS) is 14.6. The number of nitrogens with one attached hydrogen (secondary N) is 1. The van der Waals surface area contributed by atoms with Crippen molar-refractivity contribution < 1.29 is 14.4 Å². The first kappa shape index (κ1) is 17.2. The predicted molar refractivity (Wildman–Crippen MR) is 100 cm³/mol. The lowest BCUT2D eigenvalue weighted by molar-refractivity contribution is -0.115. The van der Waals surface area contributed by atoms with Crippen LogP contribution in [0.1, 0.15) is 33.2 Å². The zero-order valence-electron chi connectivity index (χ0n) is 13.9. The van der Waals surface area contributed by atoms with Crippen molar-refractivity contribution in [3.63, 3.8) is 0 Å². The fourth-order valence-corrected chi connectivity index (χ4v) is 3.44. The molecule has 0 saturated heterocycles. The quantitative estimate of drug-likeness (QED) is 0.904. The molecule has 0 aliphatic heterocycles. The Morgan fingerprint density at radius 3 is 2.32 bits per heavy atom. The molecule has 4 nitrogen and oxygen atoms in total. The van der Waals surface area contributed by atoms with Crippen molar-refractivity contribution in [1.82, 2.24) is 0 Å². The number of thioether (sulfide) groups is 1. The zero-order chi connectivity index (χ0) is 18.0. The molecule has 0 fully saturated rings. The van der Waals surface area contributed by atoms with Crippen molar-refractivity contribution in [2.75, 3.05) is 5.32 Å². The van der Waals surface area contributed by atoms with Crippen LogP contribution in [0.5, 0.6) is 0 Å². The summed E-state index contributed by atoms with van der Waals surface area (Å²) in [5.41, 5.74) is 2.61. The van der Waals surface area contributed by atoms with Crippen LogP contribution in [0.15, 0.2) is 59.5 Å². The van der Waals surface area contributed by atoms with E-state index < -0.39 is 5.25 Å². The van der Waals surface area contributed by atoms with Crippen molar-refractivity contribution in [3.05, 3.63) is 76.2 Å². The van der Waals surface area contributed by atoms with E-state index in [2.05, 4.69) is 5.32 Å². The van der Waals surface area contributed by atoms with Gasteiger partial charge in [0.2, 0.25) is 5.91 Å². The van der Waals surface area contributed by atoms with Gasteiger partial charge in [0, 0.05) is 22.9 Å². The fraction of sp³-hybridized carbons (Fsp3) is 0.150. The first-order valence-electron chi connectivity index (χ1n) is 7.89. The standard InChI is InChI=1S/C20H17NO3S/c1-12-7-9-14(10-8-12)21-20(24)13(2)25-18-11-17(22)15-5-3-4-6-16(15)19(18)23/h3-11,13H,1-2H3,(H,21,24). The molecule has 0 aromatic heterocycles. The number of carbonyl (C=O) groups is 3. The topological polar surface area (TPSA) is 63.2 Å². The Bertz CT molecular complexity index is 884. The second-order valence-electron chi connectivity index (χ2n) is 5.86. The Balaban J connectivity index is 1.71. The SMILES string of the molecule is Cc1ccc(NC(=O)C(C)SC2=CC(=O)c3ccccc3C2=O)cc1. The van der Waals surface area contributed by atoms with Gasteiger partial charge >= 0.3 is 0 Å². The molecule has 0 heterocycles. The molecular formula is C20H17NO3S. The number of amides is 1. The smallest absolute Gasteiger partial charge is 0.237 e. The van der Waals surface area contributed by atoms with Gasteiger partial charge in [-0.25, -0.2) is 0 Å². The molecule has 0 spiro atoms. The van der Waals surface area contributed by atoms with Crippen LogP contribution in [0.3, 0.4) is 0 Å². The van der Waals surface area contributed by atoms with Crippen LogP contribution in [-0.4, -0.2) is 22.7 Å². The maximum Gasteiger partial charge on any atom is 0.237 e. The summed E-state index contributed by atoms with van der Waals surface area (Å²) >= 11 is 1.11. The van der Waals surface area contributed by atoms with Gasteiger partial charge in [-0.3, -0.25) is 14.4 Å². The van der Waals surface area contributed by atoms with Crippen LogP contribution in [-0.2, 0) is 4.79 Å². The van der Waals surface area contributed by atoms with E-state index in [1.165, 1.54) is 6.08 Å². The van der Waals surface area contributed by atoms with Crippen LogP contribution in [0.2, 0.25) is 0 Å². The maximum absolute atomic E-state index is 12.5. The molecule has 1 aliphatic rings. The molecule has 1 aliphatic carbocycles. The number of allylic oxidation sites excluding steroid dienone is 2. The van der Waals surface area contributed by atoms with Crippen LogP contribution in [0, 0.1) is 6.92 Å². The number of benzene rings is 2. The van der Waals surface area contributed by atoms with Crippen LogP contribution < -0.4 is 5.32 Å². The van der Waals surface area contributed by atoms with Crippen molar-refractivity contribution >= 4 is 34.9 Å². The molecule has 126 valence electrons. The second kappa shape index (κ2) is 7.07. The highest BCUT2D eigenvalue weighted by atomic mass is 32.2. The molecule has 1 N–H and O–H groups in total. The monoisotopic (exact) mass is 351 g/mol. The molecule has 1 unspecified atom stereocenters. The number of rotatable bonds is 4. The Labute approximate surface area is 150 Å². The summed E-state index contributed by atoms with van der Waals surface area (Å²) < 4.78 is 0. The van der Waals surface area contributed by atoms with Crippen LogP contribution in [0.25, 0.3) is 0 Å². The number of fused-ring (bicyclic) bond motifs is 1. The summed E-state index contributed by atoms with van der Waals surface area (Å²) in [6.07, 6.45) is 1.32. The molecule has 5 heteroatoms. The van der Waals surface area contributed by atoms with Gasteiger partial charge in [-0.05, 0) is 26.0 Å². The van der Waals surface area contributed by atoms with E-state index in [1.54, 1.807) is 31.2 Å². The molecule has 2 aromatic rings. The van der Waals surface area contributed by atoms with Crippen LogP contribution >= 0.6 is 11.8 Å². The van der Waals surface area contributed by atoms with E-state index in [0.29, 0.717) is 21.7 Å². The van der Waals surface area contributed by atoms with Gasteiger partial charge in [-0.2, -0.15) is 0 Å². The van der Waals surface area contributed by atoms with E-state index in [-0.39, 0.29) is 17.5 Å². The molecular weight excluding hydrogens is 334 g/mol. The number of ketones is 2. The first-order valence-corrected chi connectivity index (χ1v) is 8.77. The highest BCUT2D eigenvalue weighted by Crippen LogP contribution is 2.31. The molecule has 0 radical (unpaired) electrons. The minimum absolute atomic E-state index is 0.205. The Morgan fingerprint density at radius 1 is 1.00 bits per heavy atom. The lowest BCUT2D eigenvalue weighted by Crippen LogP contribution is -2.24. The first-order chi connectivity index (χ1) is 12.0. The minimum Gasteiger partial charge on any atom is -0.325 e. The Kier molecular flexibility index (Phi) is 4.86. The zero-order valence-corrected chi connectivity index (χ0v) is 14.7. The third kappa shape index (κ3) is 3.72. The van der Waals surface area contributed by atoms with E-state index in [0.717, 1.165) is 17.3 Å². The molecule has 2 aromatic carbocycles. The van der Waals surface area contributed by atoms with Gasteiger partial charge in [-0.15, -0.1) is 11.8 Å². The summed E-state index contributed by atoms with van der Waals surface area (Å²) in [5, 5.41) is 2.32. The largest absolute Gasteiger partial charge is 0.325 e. The van der Waals surface area contributed by atoms with Gasteiger partial charge in [0.15, 0.2) is 11.6 Å². The fourth-order valence-electron chi connectivity index (χ4n) is 2.50. The van der Waals surface area contributed by atoms with Gasteiger partial charge < -0.3 is 5.32 Å². The Morgan fingerprint density at radius 2 is 1.64 bits per heavy atom. The lowest BCUT2D eigenvalue weighted by atomic mass is 9.95. The highest BCUT2D eigenvalue weighted by molar-refractivity contribution is 8.05. The lowest BCUT2D eigenvalue weighted by Gasteiger charge is -2.17. The van der Waals surface area contributed by atoms with Crippen LogP contribution in [0.4, 0.5) is 5.69 Å². The average molecular weight is 351 g/mol. The average Bonchev–Trinajstić information content (AvgIpc) is 2.61. The third-order valence-electron chi connectivity index (χ3n) is 3.92. The minimum atomic E-state index is -0.505.